The van der Waals surface area contributed by atoms with E-state index in [0.29, 0.717) is 6.54 Å². The van der Waals surface area contributed by atoms with Gasteiger partial charge in [-0.2, -0.15) is 0 Å². The first-order valence-corrected chi connectivity index (χ1v) is 6.62. The fourth-order valence-electron chi connectivity index (χ4n) is 2.14. The fraction of sp³-hybridized carbons (Fsp3) is 0.385. The summed E-state index contributed by atoms with van der Waals surface area (Å²) in [5.74, 6) is -1.57. The largest absolute Gasteiger partial charge is 0.465 e. The van der Waals surface area contributed by atoms with Gasteiger partial charge in [-0.05, 0) is 24.6 Å². The maximum absolute atomic E-state index is 11.8. The number of halogens is 1. The van der Waals surface area contributed by atoms with Crippen LogP contribution in [0.2, 0.25) is 0 Å². The lowest BCUT2D eigenvalue weighted by molar-refractivity contribution is -0.151. The van der Waals surface area contributed by atoms with E-state index in [0.717, 1.165) is 10.0 Å². The van der Waals surface area contributed by atoms with Crippen molar-refractivity contribution in [1.82, 2.24) is 5.32 Å². The molecule has 0 spiro atoms. The molecule has 4 nitrogen and oxygen atoms in total. The predicted octanol–water partition coefficient (Wildman–Crippen LogP) is 1.84. The molecule has 0 aromatic heterocycles. The number of hydrogen-bond acceptors (Lipinski definition) is 3. The van der Waals surface area contributed by atoms with Crippen molar-refractivity contribution in [3.8, 4) is 0 Å². The minimum Gasteiger partial charge on any atom is -0.465 e. The summed E-state index contributed by atoms with van der Waals surface area (Å²) < 4.78 is 5.93. The third-order valence-electron chi connectivity index (χ3n) is 3.02. The van der Waals surface area contributed by atoms with Crippen molar-refractivity contribution in [3.63, 3.8) is 0 Å². The highest BCUT2D eigenvalue weighted by Crippen LogP contribution is 2.30. The molecule has 0 radical (unpaired) electrons. The second-order valence-corrected chi connectivity index (χ2v) is 5.05. The van der Waals surface area contributed by atoms with Crippen LogP contribution in [0.4, 0.5) is 0 Å². The van der Waals surface area contributed by atoms with Gasteiger partial charge in [0.05, 0.1) is 6.61 Å². The van der Waals surface area contributed by atoms with Gasteiger partial charge in [-0.25, -0.2) is 0 Å². The molecule has 1 aromatic rings. The Morgan fingerprint density at radius 2 is 2.11 bits per heavy atom. The van der Waals surface area contributed by atoms with Gasteiger partial charge in [-0.1, -0.05) is 28.1 Å². The van der Waals surface area contributed by atoms with Crippen LogP contribution in [0.1, 0.15) is 18.4 Å². The van der Waals surface area contributed by atoms with Crippen LogP contribution in [0, 0.1) is 5.92 Å². The molecule has 96 valence electrons. The van der Waals surface area contributed by atoms with Crippen LogP contribution in [0.25, 0.3) is 0 Å². The topological polar surface area (TPSA) is 55.4 Å². The van der Waals surface area contributed by atoms with Gasteiger partial charge in [0.2, 0.25) is 5.91 Å². The van der Waals surface area contributed by atoms with E-state index < -0.39 is 11.9 Å². The molecule has 2 rings (SSSR count). The van der Waals surface area contributed by atoms with E-state index in [1.807, 2.05) is 24.3 Å². The van der Waals surface area contributed by atoms with Crippen molar-refractivity contribution >= 4 is 27.8 Å². The molecule has 18 heavy (non-hydrogen) atoms. The average Bonchev–Trinajstić information content (AvgIpc) is 2.72. The van der Waals surface area contributed by atoms with Crippen LogP contribution in [0.5, 0.6) is 0 Å². The SMILES string of the molecule is CCOC(=O)C1C(=O)NCC1c1ccc(Br)cc1. The smallest absolute Gasteiger partial charge is 0.319 e. The van der Waals surface area contributed by atoms with E-state index in [4.69, 9.17) is 4.74 Å². The summed E-state index contributed by atoms with van der Waals surface area (Å²) in [6.07, 6.45) is 0. The van der Waals surface area contributed by atoms with E-state index in [9.17, 15) is 9.59 Å². The molecule has 1 aromatic carbocycles. The van der Waals surface area contributed by atoms with Crippen molar-refractivity contribution in [1.29, 1.82) is 0 Å². The molecule has 0 bridgehead atoms. The number of ether oxygens (including phenoxy) is 1. The number of carbonyl (C=O) groups excluding carboxylic acids is 2. The van der Waals surface area contributed by atoms with Crippen LogP contribution < -0.4 is 5.32 Å². The van der Waals surface area contributed by atoms with Gasteiger partial charge in [0.1, 0.15) is 5.92 Å². The molecule has 1 saturated heterocycles. The number of nitrogens with one attached hydrogen (secondary N) is 1. The van der Waals surface area contributed by atoms with Crippen molar-refractivity contribution < 1.29 is 14.3 Å². The van der Waals surface area contributed by atoms with E-state index >= 15 is 0 Å². The summed E-state index contributed by atoms with van der Waals surface area (Å²) in [6.45, 7) is 2.50. The Balaban J connectivity index is 2.23. The lowest BCUT2D eigenvalue weighted by atomic mass is 9.88. The Morgan fingerprint density at radius 3 is 2.72 bits per heavy atom. The molecule has 0 aliphatic carbocycles. The number of carbonyl (C=O) groups is 2. The number of benzene rings is 1. The predicted molar refractivity (Wildman–Crippen MR) is 70.0 cm³/mol. The average molecular weight is 312 g/mol. The third kappa shape index (κ3) is 2.56. The zero-order chi connectivity index (χ0) is 13.1. The minimum atomic E-state index is -0.730. The molecule has 1 aliphatic heterocycles. The minimum absolute atomic E-state index is 0.148. The molecule has 2 unspecified atom stereocenters. The van der Waals surface area contributed by atoms with Gasteiger partial charge in [-0.3, -0.25) is 9.59 Å². The van der Waals surface area contributed by atoms with E-state index in [2.05, 4.69) is 21.2 Å². The Labute approximate surface area is 114 Å². The Kier molecular flexibility index (Phi) is 4.01. The Hall–Kier alpha value is -1.36. The summed E-state index contributed by atoms with van der Waals surface area (Å²) in [5, 5.41) is 2.72. The Bertz CT molecular complexity index is 458. The lowest BCUT2D eigenvalue weighted by Crippen LogP contribution is -2.28. The number of esters is 1. The van der Waals surface area contributed by atoms with Crippen LogP contribution in [-0.2, 0) is 14.3 Å². The van der Waals surface area contributed by atoms with Crippen molar-refractivity contribution in [2.75, 3.05) is 13.2 Å². The van der Waals surface area contributed by atoms with Crippen molar-refractivity contribution in [3.05, 3.63) is 34.3 Å². The van der Waals surface area contributed by atoms with Gasteiger partial charge >= 0.3 is 5.97 Å². The first kappa shape index (κ1) is 13.1. The third-order valence-corrected chi connectivity index (χ3v) is 3.55. The molecule has 1 amide bonds. The van der Waals surface area contributed by atoms with Gasteiger partial charge in [0.25, 0.3) is 0 Å². The fourth-order valence-corrected chi connectivity index (χ4v) is 2.41. The molecule has 5 heteroatoms. The van der Waals surface area contributed by atoms with E-state index in [-0.39, 0.29) is 18.4 Å². The normalized spacial score (nSPS) is 22.7. The van der Waals surface area contributed by atoms with Crippen LogP contribution in [0.15, 0.2) is 28.7 Å². The monoisotopic (exact) mass is 311 g/mol. The summed E-state index contributed by atoms with van der Waals surface area (Å²) in [4.78, 5) is 23.5. The lowest BCUT2D eigenvalue weighted by Gasteiger charge is -2.15. The van der Waals surface area contributed by atoms with E-state index in [1.165, 1.54) is 0 Å². The number of hydrogen-bond donors (Lipinski definition) is 1. The molecular formula is C13H14BrNO3. The Morgan fingerprint density at radius 1 is 1.44 bits per heavy atom. The maximum atomic E-state index is 11.8. The van der Waals surface area contributed by atoms with Crippen molar-refractivity contribution in [2.24, 2.45) is 5.92 Å². The van der Waals surface area contributed by atoms with Crippen molar-refractivity contribution in [2.45, 2.75) is 12.8 Å². The van der Waals surface area contributed by atoms with Gasteiger partial charge in [0, 0.05) is 16.9 Å². The highest BCUT2D eigenvalue weighted by molar-refractivity contribution is 9.10. The first-order chi connectivity index (χ1) is 8.63. The molecule has 1 N–H and O–H groups in total. The quantitative estimate of drug-likeness (QED) is 0.684. The summed E-state index contributed by atoms with van der Waals surface area (Å²) in [6, 6.07) is 7.64. The van der Waals surface area contributed by atoms with Gasteiger partial charge < -0.3 is 10.1 Å². The highest BCUT2D eigenvalue weighted by Gasteiger charge is 2.41. The standard InChI is InChI=1S/C13H14BrNO3/c1-2-18-13(17)11-10(7-15-12(11)16)8-3-5-9(14)6-4-8/h3-6,10-11H,2,7H2,1H3,(H,15,16). The molecular weight excluding hydrogens is 298 g/mol. The summed E-state index contributed by atoms with van der Waals surface area (Å²) in [7, 11) is 0. The molecule has 1 heterocycles. The summed E-state index contributed by atoms with van der Waals surface area (Å²) >= 11 is 3.36. The van der Waals surface area contributed by atoms with Crippen LogP contribution in [-0.4, -0.2) is 25.0 Å². The molecule has 1 aliphatic rings. The zero-order valence-electron chi connectivity index (χ0n) is 9.98. The zero-order valence-corrected chi connectivity index (χ0v) is 11.6. The number of amides is 1. The summed E-state index contributed by atoms with van der Waals surface area (Å²) in [5.41, 5.74) is 0.967. The van der Waals surface area contributed by atoms with E-state index in [1.54, 1.807) is 6.92 Å². The van der Waals surface area contributed by atoms with Crippen LogP contribution in [0.3, 0.4) is 0 Å². The van der Waals surface area contributed by atoms with Gasteiger partial charge in [0.15, 0.2) is 0 Å². The number of rotatable bonds is 3. The van der Waals surface area contributed by atoms with Gasteiger partial charge in [-0.15, -0.1) is 0 Å². The van der Waals surface area contributed by atoms with Crippen LogP contribution >= 0.6 is 15.9 Å². The molecule has 0 saturated carbocycles. The second-order valence-electron chi connectivity index (χ2n) is 4.13. The first-order valence-electron chi connectivity index (χ1n) is 5.83. The second kappa shape index (κ2) is 5.52. The molecule has 1 fully saturated rings. The molecule has 2 atom stereocenters. The maximum Gasteiger partial charge on any atom is 0.319 e. The highest BCUT2D eigenvalue weighted by atomic mass is 79.9.